The molecule has 1 rings (SSSR count). The molecule has 0 spiro atoms. The summed E-state index contributed by atoms with van der Waals surface area (Å²) in [6.45, 7) is 10.3. The zero-order valence-corrected chi connectivity index (χ0v) is 14.8. The first-order chi connectivity index (χ1) is 10.7. The Morgan fingerprint density at radius 3 is 2.64 bits per heavy atom. The number of ether oxygens (including phenoxy) is 1. The van der Waals surface area contributed by atoms with Crippen molar-refractivity contribution < 1.29 is 4.74 Å². The number of allylic oxidation sites excluding steroid dienone is 4. The fourth-order valence-corrected chi connectivity index (χ4v) is 2.62. The molecule has 1 heteroatoms. The first-order valence-electron chi connectivity index (χ1n) is 8.65. The zero-order valence-electron chi connectivity index (χ0n) is 14.8. The molecule has 0 aliphatic carbocycles. The molecule has 1 unspecified atom stereocenters. The first-order valence-corrected chi connectivity index (χ1v) is 8.65. The Balaban J connectivity index is 2.47. The van der Waals surface area contributed by atoms with Gasteiger partial charge < -0.3 is 4.74 Å². The van der Waals surface area contributed by atoms with Gasteiger partial charge in [0.25, 0.3) is 0 Å². The average molecular weight is 300 g/mol. The van der Waals surface area contributed by atoms with Crippen LogP contribution >= 0.6 is 0 Å². The maximum absolute atomic E-state index is 5.91. The van der Waals surface area contributed by atoms with Gasteiger partial charge in [0.15, 0.2) is 0 Å². The van der Waals surface area contributed by atoms with Gasteiger partial charge in [-0.25, -0.2) is 0 Å². The third-order valence-corrected chi connectivity index (χ3v) is 4.08. The normalized spacial score (nSPS) is 13.3. The van der Waals surface area contributed by atoms with Crippen LogP contribution in [0, 0.1) is 12.8 Å². The van der Waals surface area contributed by atoms with Gasteiger partial charge in [0.05, 0.1) is 6.61 Å². The molecule has 1 aromatic carbocycles. The summed E-state index contributed by atoms with van der Waals surface area (Å²) in [5.74, 6) is 0.710. The van der Waals surface area contributed by atoms with E-state index in [1.807, 2.05) is 13.0 Å². The Labute approximate surface area is 137 Å². The topological polar surface area (TPSA) is 9.23 Å². The molecule has 0 amide bonds. The van der Waals surface area contributed by atoms with Crippen molar-refractivity contribution in [2.75, 3.05) is 6.61 Å². The highest BCUT2D eigenvalue weighted by molar-refractivity contribution is 5.32. The molecule has 0 fully saturated rings. The lowest BCUT2D eigenvalue weighted by atomic mass is 10.0. The van der Waals surface area contributed by atoms with E-state index in [9.17, 15) is 0 Å². The molecule has 0 saturated carbocycles. The smallest absolute Gasteiger partial charge is 0.0717 e. The molecule has 0 aromatic heterocycles. The van der Waals surface area contributed by atoms with E-state index in [4.69, 9.17) is 4.74 Å². The molecule has 0 heterocycles. The summed E-state index contributed by atoms with van der Waals surface area (Å²) < 4.78 is 5.91. The fraction of sp³-hybridized carbons (Fsp3) is 0.524. The molecule has 0 bridgehead atoms. The van der Waals surface area contributed by atoms with Crippen molar-refractivity contribution in [2.45, 2.75) is 60.0 Å². The molecule has 0 saturated heterocycles. The Morgan fingerprint density at radius 2 is 2.00 bits per heavy atom. The van der Waals surface area contributed by atoms with E-state index in [1.54, 1.807) is 0 Å². The van der Waals surface area contributed by atoms with Crippen LogP contribution in [-0.2, 0) is 17.8 Å². The van der Waals surface area contributed by atoms with Crippen LogP contribution < -0.4 is 0 Å². The van der Waals surface area contributed by atoms with Gasteiger partial charge in [-0.1, -0.05) is 69.2 Å². The molecule has 0 N–H and O–H groups in total. The Kier molecular flexibility index (Phi) is 9.57. The Bertz CT molecular complexity index is 471. The highest BCUT2D eigenvalue weighted by Gasteiger charge is 2.05. The van der Waals surface area contributed by atoms with E-state index < -0.39 is 0 Å². The van der Waals surface area contributed by atoms with Crippen molar-refractivity contribution in [1.82, 2.24) is 0 Å². The van der Waals surface area contributed by atoms with Crippen LogP contribution in [0.25, 0.3) is 0 Å². The fourth-order valence-electron chi connectivity index (χ4n) is 2.62. The molecule has 1 nitrogen and oxygen atoms in total. The van der Waals surface area contributed by atoms with Crippen molar-refractivity contribution in [1.29, 1.82) is 0 Å². The van der Waals surface area contributed by atoms with Gasteiger partial charge in [-0.05, 0) is 49.3 Å². The summed E-state index contributed by atoms with van der Waals surface area (Å²) in [7, 11) is 0. The molecule has 0 radical (unpaired) electrons. The quantitative estimate of drug-likeness (QED) is 0.481. The van der Waals surface area contributed by atoms with Gasteiger partial charge in [0.2, 0.25) is 0 Å². The minimum Gasteiger partial charge on any atom is -0.376 e. The largest absolute Gasteiger partial charge is 0.376 e. The van der Waals surface area contributed by atoms with E-state index in [1.165, 1.54) is 36.0 Å². The van der Waals surface area contributed by atoms with Crippen LogP contribution in [0.3, 0.4) is 0 Å². The maximum Gasteiger partial charge on any atom is 0.0717 e. The summed E-state index contributed by atoms with van der Waals surface area (Å²) in [5, 5.41) is 0. The van der Waals surface area contributed by atoms with Crippen molar-refractivity contribution in [3.8, 4) is 0 Å². The van der Waals surface area contributed by atoms with Crippen LogP contribution in [0.5, 0.6) is 0 Å². The number of rotatable bonds is 10. The maximum atomic E-state index is 5.91. The predicted octanol–water partition coefficient (Wildman–Crippen LogP) is 6.01. The average Bonchev–Trinajstić information content (AvgIpc) is 2.52. The minimum atomic E-state index is 0.710. The van der Waals surface area contributed by atoms with Crippen molar-refractivity contribution >= 4 is 0 Å². The number of hydrogen-bond donors (Lipinski definition) is 0. The monoisotopic (exact) mass is 300 g/mol. The predicted molar refractivity (Wildman–Crippen MR) is 97.2 cm³/mol. The SMILES string of the molecule is C/C=C\C=C/Cc1ccc(COCC(CC)CCC)cc1C. The Morgan fingerprint density at radius 1 is 1.18 bits per heavy atom. The molecule has 1 atom stereocenters. The molecule has 122 valence electrons. The summed E-state index contributed by atoms with van der Waals surface area (Å²) in [4.78, 5) is 0. The molecule has 0 aliphatic rings. The number of benzene rings is 1. The van der Waals surface area contributed by atoms with Crippen LogP contribution in [0.15, 0.2) is 42.5 Å². The summed E-state index contributed by atoms with van der Waals surface area (Å²) in [6.07, 6.45) is 13.1. The Hall–Kier alpha value is -1.34. The van der Waals surface area contributed by atoms with Crippen LogP contribution in [0.1, 0.15) is 56.7 Å². The minimum absolute atomic E-state index is 0.710. The van der Waals surface area contributed by atoms with E-state index in [2.05, 4.69) is 57.2 Å². The third-order valence-electron chi connectivity index (χ3n) is 4.08. The second-order valence-electron chi connectivity index (χ2n) is 6.00. The number of aryl methyl sites for hydroxylation is 1. The van der Waals surface area contributed by atoms with Crippen LogP contribution in [-0.4, -0.2) is 6.61 Å². The molecular formula is C21H32O. The van der Waals surface area contributed by atoms with E-state index in [0.717, 1.165) is 19.6 Å². The summed E-state index contributed by atoms with van der Waals surface area (Å²) >= 11 is 0. The summed E-state index contributed by atoms with van der Waals surface area (Å²) in [5.41, 5.74) is 4.03. The van der Waals surface area contributed by atoms with Gasteiger partial charge >= 0.3 is 0 Å². The molecule has 0 aliphatic heterocycles. The highest BCUT2D eigenvalue weighted by atomic mass is 16.5. The first kappa shape index (κ1) is 18.7. The lowest BCUT2D eigenvalue weighted by Gasteiger charge is -2.14. The van der Waals surface area contributed by atoms with Crippen molar-refractivity contribution in [3.63, 3.8) is 0 Å². The molecule has 22 heavy (non-hydrogen) atoms. The summed E-state index contributed by atoms with van der Waals surface area (Å²) in [6, 6.07) is 6.70. The standard InChI is InChI=1S/C21H32O/c1-5-8-9-10-12-21-14-13-20(15-18(21)4)17-22-16-19(7-3)11-6-2/h5,8-10,13-15,19H,6-7,11-12,16-17H2,1-4H3/b8-5-,10-9-. The van der Waals surface area contributed by atoms with E-state index in [0.29, 0.717) is 5.92 Å². The second kappa shape index (κ2) is 11.3. The van der Waals surface area contributed by atoms with Gasteiger partial charge in [-0.3, -0.25) is 0 Å². The van der Waals surface area contributed by atoms with Crippen molar-refractivity contribution in [3.05, 3.63) is 59.2 Å². The lowest BCUT2D eigenvalue weighted by molar-refractivity contribution is 0.0824. The zero-order chi connectivity index (χ0) is 16.2. The highest BCUT2D eigenvalue weighted by Crippen LogP contribution is 2.15. The molecular weight excluding hydrogens is 268 g/mol. The molecule has 1 aromatic rings. The lowest BCUT2D eigenvalue weighted by Crippen LogP contribution is -2.08. The van der Waals surface area contributed by atoms with Crippen LogP contribution in [0.4, 0.5) is 0 Å². The van der Waals surface area contributed by atoms with E-state index >= 15 is 0 Å². The van der Waals surface area contributed by atoms with Crippen LogP contribution in [0.2, 0.25) is 0 Å². The van der Waals surface area contributed by atoms with Crippen molar-refractivity contribution in [2.24, 2.45) is 5.92 Å². The van der Waals surface area contributed by atoms with E-state index in [-0.39, 0.29) is 0 Å². The number of hydrogen-bond acceptors (Lipinski definition) is 1. The van der Waals surface area contributed by atoms with Gasteiger partial charge in [0, 0.05) is 6.61 Å². The van der Waals surface area contributed by atoms with Gasteiger partial charge in [-0.15, -0.1) is 0 Å². The third kappa shape index (κ3) is 7.09. The second-order valence-corrected chi connectivity index (χ2v) is 6.00. The van der Waals surface area contributed by atoms with Gasteiger partial charge in [-0.2, -0.15) is 0 Å². The van der Waals surface area contributed by atoms with Gasteiger partial charge in [0.1, 0.15) is 0 Å².